The van der Waals surface area contributed by atoms with Crippen molar-refractivity contribution in [2.24, 2.45) is 5.92 Å². The standard InChI is InChI=1S/C22H33N3O7S2/c1-33-11-10-19(25-22(29)32-13-15-6-4-3-5-7-15)20(26)24-18-9-8-17(23-21(27)28)12-16(18)14-34(2,30)31/h3-7,16-19,23H,8-14H2,1-2H3,(H,24,26)(H,25,29)(H,27,28). The minimum Gasteiger partial charge on any atom is -0.465 e. The van der Waals surface area contributed by atoms with Crippen LogP contribution in [0, 0.1) is 5.92 Å². The quantitative estimate of drug-likeness (QED) is 0.349. The van der Waals surface area contributed by atoms with Gasteiger partial charge in [-0.2, -0.15) is 11.8 Å². The van der Waals surface area contributed by atoms with Crippen LogP contribution in [-0.2, 0) is 26.0 Å². The summed E-state index contributed by atoms with van der Waals surface area (Å²) >= 11 is 1.53. The summed E-state index contributed by atoms with van der Waals surface area (Å²) in [6.45, 7) is 0.0700. The average molecular weight is 516 g/mol. The fourth-order valence-corrected chi connectivity index (χ4v) is 5.65. The summed E-state index contributed by atoms with van der Waals surface area (Å²) in [5.74, 6) is -0.411. The molecule has 2 rings (SSSR count). The van der Waals surface area contributed by atoms with Gasteiger partial charge in [0, 0.05) is 18.3 Å². The van der Waals surface area contributed by atoms with Crippen LogP contribution in [0.25, 0.3) is 0 Å². The number of hydrogen-bond acceptors (Lipinski definition) is 7. The molecule has 4 atom stereocenters. The lowest BCUT2D eigenvalue weighted by Gasteiger charge is -2.36. The van der Waals surface area contributed by atoms with Gasteiger partial charge in [-0.1, -0.05) is 30.3 Å². The Labute approximate surface area is 204 Å². The number of amides is 3. The molecule has 0 radical (unpaired) electrons. The SMILES string of the molecule is CSCCC(NC(=O)OCc1ccccc1)C(=O)NC1CCC(NC(=O)O)CC1CS(C)(=O)=O. The molecule has 190 valence electrons. The third-order valence-corrected chi connectivity index (χ3v) is 7.26. The lowest BCUT2D eigenvalue weighted by atomic mass is 9.82. The number of sulfone groups is 1. The number of ether oxygens (including phenoxy) is 1. The molecule has 1 fully saturated rings. The number of carbonyl (C=O) groups is 3. The predicted octanol–water partition coefficient (Wildman–Crippen LogP) is 2.00. The number of nitrogens with one attached hydrogen (secondary N) is 3. The van der Waals surface area contributed by atoms with Crippen molar-refractivity contribution >= 4 is 39.7 Å². The number of benzene rings is 1. The topological polar surface area (TPSA) is 151 Å². The monoisotopic (exact) mass is 515 g/mol. The number of carboxylic acid groups (broad SMARTS) is 1. The minimum atomic E-state index is -3.35. The van der Waals surface area contributed by atoms with Crippen LogP contribution in [0.15, 0.2) is 30.3 Å². The van der Waals surface area contributed by atoms with Gasteiger partial charge >= 0.3 is 12.2 Å². The maximum Gasteiger partial charge on any atom is 0.408 e. The molecule has 12 heteroatoms. The van der Waals surface area contributed by atoms with Gasteiger partial charge in [0.15, 0.2) is 0 Å². The molecule has 3 amide bonds. The summed E-state index contributed by atoms with van der Waals surface area (Å²) in [4.78, 5) is 36.4. The van der Waals surface area contributed by atoms with E-state index in [1.165, 1.54) is 11.8 Å². The Morgan fingerprint density at radius 1 is 1.18 bits per heavy atom. The van der Waals surface area contributed by atoms with E-state index in [9.17, 15) is 22.8 Å². The van der Waals surface area contributed by atoms with Crippen molar-refractivity contribution in [1.82, 2.24) is 16.0 Å². The van der Waals surface area contributed by atoms with Gasteiger partial charge in [0.25, 0.3) is 0 Å². The summed E-state index contributed by atoms with van der Waals surface area (Å²) in [5.41, 5.74) is 0.818. The fourth-order valence-electron chi connectivity index (χ4n) is 4.03. The molecule has 1 saturated carbocycles. The Bertz CT molecular complexity index is 928. The fraction of sp³-hybridized carbons (Fsp3) is 0.591. The maximum atomic E-state index is 13.0. The van der Waals surface area contributed by atoms with Gasteiger partial charge in [0.1, 0.15) is 22.5 Å². The second-order valence-electron chi connectivity index (χ2n) is 8.47. The molecule has 0 bridgehead atoms. The van der Waals surface area contributed by atoms with E-state index in [-0.39, 0.29) is 18.4 Å². The lowest BCUT2D eigenvalue weighted by molar-refractivity contribution is -0.124. The first kappa shape index (κ1) is 27.8. The molecule has 1 aliphatic rings. The van der Waals surface area contributed by atoms with Crippen LogP contribution in [0.3, 0.4) is 0 Å². The van der Waals surface area contributed by atoms with E-state index in [1.807, 2.05) is 36.6 Å². The molecule has 1 aromatic carbocycles. The summed E-state index contributed by atoms with van der Waals surface area (Å²) in [5, 5.41) is 16.9. The van der Waals surface area contributed by atoms with E-state index < -0.39 is 45.9 Å². The van der Waals surface area contributed by atoms with Crippen molar-refractivity contribution in [2.75, 3.05) is 24.0 Å². The Morgan fingerprint density at radius 2 is 1.88 bits per heavy atom. The second kappa shape index (κ2) is 13.4. The van der Waals surface area contributed by atoms with Gasteiger partial charge in [-0.15, -0.1) is 0 Å². The summed E-state index contributed by atoms with van der Waals surface area (Å²) in [6.07, 6.45) is 2.69. The smallest absolute Gasteiger partial charge is 0.408 e. The van der Waals surface area contributed by atoms with E-state index in [0.29, 0.717) is 31.4 Å². The molecule has 0 aliphatic heterocycles. The highest BCUT2D eigenvalue weighted by Crippen LogP contribution is 2.26. The largest absolute Gasteiger partial charge is 0.465 e. The van der Waals surface area contributed by atoms with Crippen LogP contribution in [0.1, 0.15) is 31.2 Å². The van der Waals surface area contributed by atoms with Crippen molar-refractivity contribution in [1.29, 1.82) is 0 Å². The van der Waals surface area contributed by atoms with Crippen LogP contribution in [0.5, 0.6) is 0 Å². The lowest BCUT2D eigenvalue weighted by Crippen LogP contribution is -2.55. The highest BCUT2D eigenvalue weighted by atomic mass is 32.2. The van der Waals surface area contributed by atoms with Gasteiger partial charge in [0.2, 0.25) is 5.91 Å². The van der Waals surface area contributed by atoms with Crippen molar-refractivity contribution in [3.63, 3.8) is 0 Å². The first-order valence-electron chi connectivity index (χ1n) is 11.0. The molecule has 1 aromatic rings. The molecule has 0 spiro atoms. The van der Waals surface area contributed by atoms with Crippen molar-refractivity contribution in [3.8, 4) is 0 Å². The zero-order valence-electron chi connectivity index (χ0n) is 19.4. The molecule has 4 unspecified atom stereocenters. The maximum absolute atomic E-state index is 13.0. The highest BCUT2D eigenvalue weighted by molar-refractivity contribution is 7.98. The minimum absolute atomic E-state index is 0.0700. The molecule has 0 heterocycles. The number of hydrogen-bond donors (Lipinski definition) is 4. The molecule has 4 N–H and O–H groups in total. The number of rotatable bonds is 11. The molecular weight excluding hydrogens is 482 g/mol. The number of alkyl carbamates (subject to hydrolysis) is 1. The van der Waals surface area contributed by atoms with Crippen LogP contribution >= 0.6 is 11.8 Å². The van der Waals surface area contributed by atoms with Crippen LogP contribution in [0.4, 0.5) is 9.59 Å². The van der Waals surface area contributed by atoms with Gasteiger partial charge in [0.05, 0.1) is 5.75 Å². The van der Waals surface area contributed by atoms with E-state index in [0.717, 1.165) is 11.8 Å². The van der Waals surface area contributed by atoms with Crippen LogP contribution in [-0.4, -0.2) is 73.8 Å². The van der Waals surface area contributed by atoms with Crippen LogP contribution < -0.4 is 16.0 Å². The Morgan fingerprint density at radius 3 is 2.50 bits per heavy atom. The summed E-state index contributed by atoms with van der Waals surface area (Å²) in [6, 6.07) is 7.49. The van der Waals surface area contributed by atoms with Crippen molar-refractivity contribution < 1.29 is 32.6 Å². The number of thioether (sulfide) groups is 1. The van der Waals surface area contributed by atoms with E-state index >= 15 is 0 Å². The van der Waals surface area contributed by atoms with E-state index in [2.05, 4.69) is 16.0 Å². The zero-order chi connectivity index (χ0) is 25.1. The first-order chi connectivity index (χ1) is 16.1. The average Bonchev–Trinajstić information content (AvgIpc) is 2.76. The third-order valence-electron chi connectivity index (χ3n) is 5.59. The molecule has 0 aromatic heterocycles. The predicted molar refractivity (Wildman–Crippen MR) is 130 cm³/mol. The van der Waals surface area contributed by atoms with Crippen LogP contribution in [0.2, 0.25) is 0 Å². The van der Waals surface area contributed by atoms with Gasteiger partial charge in [-0.25, -0.2) is 18.0 Å². The highest BCUT2D eigenvalue weighted by Gasteiger charge is 2.35. The molecule has 34 heavy (non-hydrogen) atoms. The normalized spacial score (nSPS) is 21.2. The van der Waals surface area contributed by atoms with E-state index in [4.69, 9.17) is 9.84 Å². The van der Waals surface area contributed by atoms with Gasteiger partial charge in [-0.05, 0) is 49.2 Å². The molecule has 1 aliphatic carbocycles. The first-order valence-corrected chi connectivity index (χ1v) is 14.5. The summed E-state index contributed by atoms with van der Waals surface area (Å²) in [7, 11) is -3.35. The van der Waals surface area contributed by atoms with Crippen molar-refractivity contribution in [3.05, 3.63) is 35.9 Å². The molecular formula is C22H33N3O7S2. The zero-order valence-corrected chi connectivity index (χ0v) is 21.0. The van der Waals surface area contributed by atoms with Gasteiger partial charge in [-0.3, -0.25) is 4.79 Å². The van der Waals surface area contributed by atoms with E-state index in [1.54, 1.807) is 0 Å². The number of carbonyl (C=O) groups excluding carboxylic acids is 2. The Hall–Kier alpha value is -2.47. The third kappa shape index (κ3) is 10.2. The molecule has 0 saturated heterocycles. The Balaban J connectivity index is 2.01. The van der Waals surface area contributed by atoms with Gasteiger partial charge < -0.3 is 25.8 Å². The Kier molecular flexibility index (Phi) is 11.0. The summed E-state index contributed by atoms with van der Waals surface area (Å²) < 4.78 is 29.1. The van der Waals surface area contributed by atoms with Crippen molar-refractivity contribution in [2.45, 2.75) is 50.4 Å². The molecule has 10 nitrogen and oxygen atoms in total. The second-order valence-corrected chi connectivity index (χ2v) is 11.6.